The second-order valence-electron chi connectivity index (χ2n) is 7.84. The van der Waals surface area contributed by atoms with Gasteiger partial charge in [-0.15, -0.1) is 11.3 Å². The van der Waals surface area contributed by atoms with Crippen LogP contribution in [0.4, 0.5) is 23.2 Å². The maximum absolute atomic E-state index is 13.5. The molecule has 13 heteroatoms. The number of nitrogens with two attached hydrogens (primary N) is 1. The van der Waals surface area contributed by atoms with Crippen molar-refractivity contribution >= 4 is 39.1 Å². The molecule has 0 fully saturated rings. The Morgan fingerprint density at radius 3 is 2.53 bits per heavy atom. The van der Waals surface area contributed by atoms with Crippen LogP contribution in [-0.4, -0.2) is 16.8 Å². The quantitative estimate of drug-likeness (QED) is 0.234. The maximum atomic E-state index is 13.5. The van der Waals surface area contributed by atoms with E-state index >= 15 is 0 Å². The third-order valence-electron chi connectivity index (χ3n) is 5.28. The molecule has 3 N–H and O–H groups in total. The predicted molar refractivity (Wildman–Crippen MR) is 128 cm³/mol. The number of ether oxygens (including phenoxy) is 1. The highest BCUT2D eigenvalue weighted by atomic mass is 32.1. The molecular weight excluding hydrogens is 530 g/mol. The number of benzene rings is 1. The van der Waals surface area contributed by atoms with E-state index in [2.05, 4.69) is 10.3 Å². The number of carbonyl (C=O) groups excluding carboxylic acids is 2. The van der Waals surface area contributed by atoms with Gasteiger partial charge in [-0.25, -0.2) is 9.37 Å². The summed E-state index contributed by atoms with van der Waals surface area (Å²) in [6, 6.07) is 11.8. The van der Waals surface area contributed by atoms with Gasteiger partial charge in [-0.2, -0.15) is 13.2 Å². The summed E-state index contributed by atoms with van der Waals surface area (Å²) in [7, 11) is 0. The van der Waals surface area contributed by atoms with Gasteiger partial charge in [-0.1, -0.05) is 0 Å². The van der Waals surface area contributed by atoms with Crippen LogP contribution >= 0.6 is 11.3 Å². The van der Waals surface area contributed by atoms with Gasteiger partial charge in [0, 0.05) is 10.9 Å². The number of nitrogens with one attached hydrogen (secondary N) is 1. The Balaban J connectivity index is 1.49. The second-order valence-corrected chi connectivity index (χ2v) is 8.84. The van der Waals surface area contributed by atoms with Gasteiger partial charge in [-0.05, 0) is 54.6 Å². The topological polar surface area (TPSA) is 121 Å². The van der Waals surface area contributed by atoms with Gasteiger partial charge in [0.25, 0.3) is 11.8 Å². The second kappa shape index (κ2) is 9.67. The Morgan fingerprint density at radius 1 is 1.11 bits per heavy atom. The number of pyridine rings is 1. The van der Waals surface area contributed by atoms with Gasteiger partial charge >= 0.3 is 6.18 Å². The van der Waals surface area contributed by atoms with Gasteiger partial charge in [0.05, 0.1) is 12.0 Å². The maximum Gasteiger partial charge on any atom is 0.433 e. The number of primary amides is 1. The minimum Gasteiger partial charge on any atom is -0.486 e. The van der Waals surface area contributed by atoms with Crippen LogP contribution in [-0.2, 0) is 12.8 Å². The van der Waals surface area contributed by atoms with Crippen LogP contribution in [0.2, 0.25) is 0 Å². The van der Waals surface area contributed by atoms with Crippen molar-refractivity contribution in [2.45, 2.75) is 12.8 Å². The first-order chi connectivity index (χ1) is 18.1. The lowest BCUT2D eigenvalue weighted by Crippen LogP contribution is -2.16. The fourth-order valence-electron chi connectivity index (χ4n) is 3.60. The summed E-state index contributed by atoms with van der Waals surface area (Å²) < 4.78 is 70.0. The van der Waals surface area contributed by atoms with Gasteiger partial charge in [0.15, 0.2) is 5.76 Å². The molecule has 5 rings (SSSR count). The van der Waals surface area contributed by atoms with E-state index in [1.807, 2.05) is 0 Å². The van der Waals surface area contributed by atoms with Crippen molar-refractivity contribution in [1.82, 2.24) is 4.98 Å². The van der Waals surface area contributed by atoms with E-state index in [0.717, 1.165) is 6.07 Å². The number of anilines is 1. The number of amides is 2. The molecule has 194 valence electrons. The normalized spacial score (nSPS) is 11.6. The molecule has 0 atom stereocenters. The molecule has 0 radical (unpaired) electrons. The highest BCUT2D eigenvalue weighted by Crippen LogP contribution is 2.43. The molecule has 2 amide bonds. The van der Waals surface area contributed by atoms with Crippen LogP contribution in [0.5, 0.6) is 5.75 Å². The third kappa shape index (κ3) is 4.95. The van der Waals surface area contributed by atoms with Crippen molar-refractivity contribution in [2.75, 3.05) is 5.32 Å². The number of hydrogen-bond donors (Lipinski definition) is 2. The molecule has 1 aromatic carbocycles. The lowest BCUT2D eigenvalue weighted by Gasteiger charge is -2.10. The lowest BCUT2D eigenvalue weighted by molar-refractivity contribution is -0.140. The van der Waals surface area contributed by atoms with Crippen LogP contribution in [0.15, 0.2) is 69.7 Å². The van der Waals surface area contributed by atoms with Crippen LogP contribution < -0.4 is 15.8 Å². The van der Waals surface area contributed by atoms with Crippen molar-refractivity contribution in [1.29, 1.82) is 0 Å². The molecule has 0 spiro atoms. The van der Waals surface area contributed by atoms with E-state index in [-0.39, 0.29) is 50.2 Å². The number of alkyl halides is 3. The number of fused-ring (bicyclic) bond motifs is 1. The number of furan rings is 2. The molecule has 4 aromatic heterocycles. The van der Waals surface area contributed by atoms with E-state index < -0.39 is 29.5 Å². The molecule has 38 heavy (non-hydrogen) atoms. The summed E-state index contributed by atoms with van der Waals surface area (Å²) in [6.07, 6.45) is -3.51. The van der Waals surface area contributed by atoms with Gasteiger partial charge < -0.3 is 24.6 Å². The van der Waals surface area contributed by atoms with Crippen LogP contribution in [0.3, 0.4) is 0 Å². The fourth-order valence-corrected chi connectivity index (χ4v) is 4.61. The van der Waals surface area contributed by atoms with E-state index in [4.69, 9.17) is 19.3 Å². The Morgan fingerprint density at radius 2 is 1.87 bits per heavy atom. The van der Waals surface area contributed by atoms with Crippen molar-refractivity contribution in [2.24, 2.45) is 5.73 Å². The average Bonchev–Trinajstić information content (AvgIpc) is 3.63. The van der Waals surface area contributed by atoms with Crippen molar-refractivity contribution in [3.63, 3.8) is 0 Å². The highest BCUT2D eigenvalue weighted by molar-refractivity contribution is 7.21. The summed E-state index contributed by atoms with van der Waals surface area (Å²) >= 11 is 0.603. The Labute approximate surface area is 214 Å². The van der Waals surface area contributed by atoms with E-state index in [9.17, 15) is 27.2 Å². The molecule has 0 unspecified atom stereocenters. The molecule has 0 saturated heterocycles. The van der Waals surface area contributed by atoms with Crippen LogP contribution in [0, 0.1) is 5.82 Å². The number of hydrogen-bond acceptors (Lipinski definition) is 7. The fraction of sp³-hybridized carbons (Fsp3) is 0.0800. The molecule has 0 aliphatic heterocycles. The average molecular weight is 545 g/mol. The first-order valence-electron chi connectivity index (χ1n) is 10.8. The molecule has 8 nitrogen and oxygen atoms in total. The minimum absolute atomic E-state index is 0.0424. The monoisotopic (exact) mass is 545 g/mol. The number of halogens is 4. The molecule has 0 aliphatic rings. The zero-order valence-electron chi connectivity index (χ0n) is 19.0. The Bertz CT molecular complexity index is 1640. The highest BCUT2D eigenvalue weighted by Gasteiger charge is 2.35. The van der Waals surface area contributed by atoms with Gasteiger partial charge in [0.1, 0.15) is 45.1 Å². The molecule has 0 saturated carbocycles. The lowest BCUT2D eigenvalue weighted by atomic mass is 10.1. The largest absolute Gasteiger partial charge is 0.486 e. The standard InChI is InChI=1S/C25H15F4N3O5S/c26-12-3-5-13(6-4-12)36-11-14-7-8-17(37-14)23(34)32-20-19-15(16-2-1-9-35-16)10-18(25(27,28)29)31-24(19)38-21(20)22(30)33/h1-10H,11H2,(H2,30,33)(H,32,34). The third-order valence-corrected chi connectivity index (χ3v) is 6.38. The van der Waals surface area contributed by atoms with Gasteiger partial charge in [0.2, 0.25) is 0 Å². The SMILES string of the molecule is NC(=O)c1sc2nc(C(F)(F)F)cc(-c3ccco3)c2c1NC(=O)c1ccc(COc2ccc(F)cc2)o1. The first kappa shape index (κ1) is 25.0. The molecule has 0 aliphatic carbocycles. The smallest absolute Gasteiger partial charge is 0.433 e. The molecular formula is C25H15F4N3O5S. The predicted octanol–water partition coefficient (Wildman–Crippen LogP) is 6.24. The number of aromatic nitrogens is 1. The Kier molecular flexibility index (Phi) is 6.36. The summed E-state index contributed by atoms with van der Waals surface area (Å²) in [5, 5.41) is 2.56. The van der Waals surface area contributed by atoms with Crippen LogP contribution in [0.1, 0.15) is 31.7 Å². The van der Waals surface area contributed by atoms with Crippen molar-refractivity contribution in [3.05, 3.63) is 88.8 Å². The minimum atomic E-state index is -4.78. The first-order valence-corrected chi connectivity index (χ1v) is 11.6. The van der Waals surface area contributed by atoms with E-state index in [1.165, 1.54) is 54.8 Å². The Hall–Kier alpha value is -4.65. The molecule has 0 bridgehead atoms. The van der Waals surface area contributed by atoms with Crippen LogP contribution in [0.25, 0.3) is 21.5 Å². The molecule has 4 heterocycles. The number of nitrogens with zero attached hydrogens (tertiary/aromatic N) is 1. The zero-order chi connectivity index (χ0) is 27.0. The summed E-state index contributed by atoms with van der Waals surface area (Å²) in [4.78, 5) is 28.5. The number of thiophene rings is 1. The van der Waals surface area contributed by atoms with Crippen molar-refractivity contribution < 1.29 is 40.7 Å². The van der Waals surface area contributed by atoms with Crippen molar-refractivity contribution in [3.8, 4) is 17.1 Å². The van der Waals surface area contributed by atoms with E-state index in [1.54, 1.807) is 0 Å². The van der Waals surface area contributed by atoms with E-state index in [0.29, 0.717) is 17.1 Å². The van der Waals surface area contributed by atoms with Gasteiger partial charge in [-0.3, -0.25) is 9.59 Å². The number of carbonyl (C=O) groups is 2. The molecule has 5 aromatic rings. The number of rotatable bonds is 7. The zero-order valence-corrected chi connectivity index (χ0v) is 19.8. The summed E-state index contributed by atoms with van der Waals surface area (Å²) in [5.41, 5.74) is 4.10. The summed E-state index contributed by atoms with van der Waals surface area (Å²) in [5.74, 6) is -1.67. The summed E-state index contributed by atoms with van der Waals surface area (Å²) in [6.45, 7) is -0.0698.